The topological polar surface area (TPSA) is 61.4 Å². The van der Waals surface area contributed by atoms with Gasteiger partial charge in [0, 0.05) is 17.6 Å². The summed E-state index contributed by atoms with van der Waals surface area (Å²) in [5, 5.41) is 7.94. The number of likely N-dealkylation sites (N-methyl/N-ethyl adjacent to an activating group) is 1. The van der Waals surface area contributed by atoms with Crippen molar-refractivity contribution in [2.75, 3.05) is 18.9 Å². The average Bonchev–Trinajstić information content (AvgIpc) is 2.72. The number of fused-ring (bicyclic) bond motifs is 1. The Morgan fingerprint density at radius 2 is 1.61 bits per heavy atom. The molecule has 5 nitrogen and oxygen atoms in total. The lowest BCUT2D eigenvalue weighted by Crippen LogP contribution is -2.45. The van der Waals surface area contributed by atoms with Crippen molar-refractivity contribution in [2.24, 2.45) is 0 Å². The third-order valence-electron chi connectivity index (χ3n) is 4.81. The number of amides is 2. The molecule has 3 aromatic carbocycles. The fourth-order valence-corrected chi connectivity index (χ4v) is 3.02. The van der Waals surface area contributed by atoms with Gasteiger partial charge in [-0.2, -0.15) is 0 Å². The quantitative estimate of drug-likeness (QED) is 0.665. The Morgan fingerprint density at radius 1 is 0.929 bits per heavy atom. The molecule has 3 aromatic rings. The smallest absolute Gasteiger partial charge is 0.238 e. The molecule has 0 aromatic heterocycles. The lowest BCUT2D eigenvalue weighted by atomic mass is 10.1. The molecule has 5 heteroatoms. The van der Waals surface area contributed by atoms with Crippen molar-refractivity contribution in [3.63, 3.8) is 0 Å². The number of hydrogen-bond donors (Lipinski definition) is 2. The Kier molecular flexibility index (Phi) is 6.40. The third-order valence-corrected chi connectivity index (χ3v) is 4.81. The predicted molar refractivity (Wildman–Crippen MR) is 113 cm³/mol. The molecule has 1 atom stereocenters. The second-order valence-electron chi connectivity index (χ2n) is 6.87. The maximum absolute atomic E-state index is 12.5. The zero-order valence-electron chi connectivity index (χ0n) is 16.2. The molecule has 0 radical (unpaired) electrons. The van der Waals surface area contributed by atoms with Crippen LogP contribution in [0.1, 0.15) is 12.5 Å². The van der Waals surface area contributed by atoms with E-state index in [4.69, 9.17) is 0 Å². The highest BCUT2D eigenvalue weighted by atomic mass is 16.2. The first-order valence-corrected chi connectivity index (χ1v) is 9.34. The first-order chi connectivity index (χ1) is 13.5. The molecule has 0 spiro atoms. The number of carbonyl (C=O) groups excluding carboxylic acids is 2. The number of rotatable bonds is 7. The maximum Gasteiger partial charge on any atom is 0.238 e. The molecule has 0 bridgehead atoms. The second-order valence-corrected chi connectivity index (χ2v) is 6.87. The first-order valence-electron chi connectivity index (χ1n) is 9.34. The van der Waals surface area contributed by atoms with Crippen LogP contribution in [0.5, 0.6) is 0 Å². The van der Waals surface area contributed by atoms with Crippen molar-refractivity contribution >= 4 is 28.3 Å². The van der Waals surface area contributed by atoms with Crippen molar-refractivity contribution in [2.45, 2.75) is 19.5 Å². The number of benzene rings is 3. The van der Waals surface area contributed by atoms with Gasteiger partial charge >= 0.3 is 0 Å². The molecule has 2 N–H and O–H groups in total. The minimum Gasteiger partial charge on any atom is -0.351 e. The Hall–Kier alpha value is -3.18. The first kappa shape index (κ1) is 19.6. The number of nitrogens with zero attached hydrogens (tertiary/aromatic N) is 1. The van der Waals surface area contributed by atoms with Crippen LogP contribution < -0.4 is 10.6 Å². The molecular weight excluding hydrogens is 350 g/mol. The number of nitrogens with one attached hydrogen (secondary N) is 2. The summed E-state index contributed by atoms with van der Waals surface area (Å²) in [5.41, 5.74) is 1.82. The monoisotopic (exact) mass is 375 g/mol. The summed E-state index contributed by atoms with van der Waals surface area (Å²) in [5.74, 6) is -0.258. The SMILES string of the molecule is C[C@H](C(=O)NCc1ccccc1)N(C)CC(=O)Nc1cccc2ccccc12. The van der Waals surface area contributed by atoms with E-state index in [2.05, 4.69) is 10.6 Å². The van der Waals surface area contributed by atoms with Crippen LogP contribution >= 0.6 is 0 Å². The van der Waals surface area contributed by atoms with Crippen molar-refractivity contribution < 1.29 is 9.59 Å². The van der Waals surface area contributed by atoms with E-state index in [0.717, 1.165) is 22.0 Å². The molecule has 0 unspecified atom stereocenters. The maximum atomic E-state index is 12.5. The molecule has 0 aliphatic heterocycles. The highest BCUT2D eigenvalue weighted by molar-refractivity contribution is 6.02. The van der Waals surface area contributed by atoms with Crippen LogP contribution in [0.4, 0.5) is 5.69 Å². The summed E-state index contributed by atoms with van der Waals surface area (Å²) >= 11 is 0. The summed E-state index contributed by atoms with van der Waals surface area (Å²) in [6.45, 7) is 2.40. The van der Waals surface area contributed by atoms with Crippen LogP contribution in [-0.2, 0) is 16.1 Å². The van der Waals surface area contributed by atoms with Gasteiger partial charge < -0.3 is 10.6 Å². The van der Waals surface area contributed by atoms with Crippen LogP contribution in [0, 0.1) is 0 Å². The van der Waals surface area contributed by atoms with Gasteiger partial charge in [0.05, 0.1) is 12.6 Å². The minimum absolute atomic E-state index is 0.107. The van der Waals surface area contributed by atoms with Crippen molar-refractivity contribution in [3.8, 4) is 0 Å². The number of carbonyl (C=O) groups is 2. The Bertz CT molecular complexity index is 951. The van der Waals surface area contributed by atoms with E-state index >= 15 is 0 Å². The molecule has 144 valence electrons. The molecule has 0 aliphatic rings. The zero-order chi connectivity index (χ0) is 19.9. The average molecular weight is 375 g/mol. The molecular formula is C23H25N3O2. The van der Waals surface area contributed by atoms with Crippen LogP contribution in [0.15, 0.2) is 72.8 Å². The fourth-order valence-electron chi connectivity index (χ4n) is 3.02. The van der Waals surface area contributed by atoms with E-state index in [9.17, 15) is 9.59 Å². The van der Waals surface area contributed by atoms with E-state index in [0.29, 0.717) is 6.54 Å². The second kappa shape index (κ2) is 9.15. The van der Waals surface area contributed by atoms with E-state index in [1.165, 1.54) is 0 Å². The Labute approximate surface area is 165 Å². The van der Waals surface area contributed by atoms with Gasteiger partial charge in [0.15, 0.2) is 0 Å². The van der Waals surface area contributed by atoms with Crippen LogP contribution in [-0.4, -0.2) is 36.3 Å². The summed E-state index contributed by atoms with van der Waals surface area (Å²) in [7, 11) is 1.77. The molecule has 28 heavy (non-hydrogen) atoms. The summed E-state index contributed by atoms with van der Waals surface area (Å²) in [6, 6.07) is 23.1. The van der Waals surface area contributed by atoms with E-state index in [1.54, 1.807) is 18.9 Å². The van der Waals surface area contributed by atoms with Crippen molar-refractivity contribution in [3.05, 3.63) is 78.4 Å². The molecule has 0 fully saturated rings. The van der Waals surface area contributed by atoms with Gasteiger partial charge in [0.1, 0.15) is 0 Å². The van der Waals surface area contributed by atoms with Gasteiger partial charge in [-0.25, -0.2) is 0 Å². The van der Waals surface area contributed by atoms with Crippen LogP contribution in [0.25, 0.3) is 10.8 Å². The highest BCUT2D eigenvalue weighted by Gasteiger charge is 2.20. The molecule has 0 saturated heterocycles. The van der Waals surface area contributed by atoms with Gasteiger partial charge in [0.2, 0.25) is 11.8 Å². The zero-order valence-corrected chi connectivity index (χ0v) is 16.2. The molecule has 0 aliphatic carbocycles. The lowest BCUT2D eigenvalue weighted by molar-refractivity contribution is -0.126. The summed E-state index contributed by atoms with van der Waals surface area (Å²) in [6.07, 6.45) is 0. The van der Waals surface area contributed by atoms with Crippen molar-refractivity contribution in [1.29, 1.82) is 0 Å². The molecule has 0 saturated carbocycles. The normalized spacial score (nSPS) is 12.0. The van der Waals surface area contributed by atoms with Crippen LogP contribution in [0.2, 0.25) is 0 Å². The van der Waals surface area contributed by atoms with E-state index in [-0.39, 0.29) is 18.4 Å². The molecule has 2 amide bonds. The van der Waals surface area contributed by atoms with Gasteiger partial charge in [-0.05, 0) is 31.0 Å². The largest absolute Gasteiger partial charge is 0.351 e. The highest BCUT2D eigenvalue weighted by Crippen LogP contribution is 2.22. The minimum atomic E-state index is -0.415. The predicted octanol–water partition coefficient (Wildman–Crippen LogP) is 3.42. The summed E-state index contributed by atoms with van der Waals surface area (Å²) in [4.78, 5) is 26.6. The number of hydrogen-bond acceptors (Lipinski definition) is 3. The summed E-state index contributed by atoms with van der Waals surface area (Å²) < 4.78 is 0. The van der Waals surface area contributed by atoms with Gasteiger partial charge in [0.25, 0.3) is 0 Å². The fraction of sp³-hybridized carbons (Fsp3) is 0.217. The standard InChI is InChI=1S/C23H25N3O2/c1-17(23(28)24-15-18-9-4-3-5-10-18)26(2)16-22(27)25-21-14-8-12-19-11-6-7-13-20(19)21/h3-14,17H,15-16H2,1-2H3,(H,24,28)(H,25,27)/t17-/m1/s1. The Morgan fingerprint density at radius 3 is 2.39 bits per heavy atom. The van der Waals surface area contributed by atoms with Gasteiger partial charge in [-0.15, -0.1) is 0 Å². The Balaban J connectivity index is 1.55. The number of anilines is 1. The van der Waals surface area contributed by atoms with Gasteiger partial charge in [-0.3, -0.25) is 14.5 Å². The van der Waals surface area contributed by atoms with Crippen molar-refractivity contribution in [1.82, 2.24) is 10.2 Å². The van der Waals surface area contributed by atoms with E-state index in [1.807, 2.05) is 72.8 Å². The van der Waals surface area contributed by atoms with Gasteiger partial charge in [-0.1, -0.05) is 66.7 Å². The van der Waals surface area contributed by atoms with E-state index < -0.39 is 6.04 Å². The van der Waals surface area contributed by atoms with Crippen LogP contribution in [0.3, 0.4) is 0 Å². The molecule has 3 rings (SSSR count). The third kappa shape index (κ3) is 4.96. The molecule has 0 heterocycles. The lowest BCUT2D eigenvalue weighted by Gasteiger charge is -2.23.